The van der Waals surface area contributed by atoms with Crippen molar-refractivity contribution in [3.8, 4) is 5.75 Å². The largest absolute Gasteiger partial charge is 0.488 e. The third-order valence-electron chi connectivity index (χ3n) is 2.68. The molecule has 1 rings (SSSR count). The number of hydrogen-bond acceptors (Lipinski definition) is 2. The van der Waals surface area contributed by atoms with Crippen molar-refractivity contribution in [2.24, 2.45) is 0 Å². The van der Waals surface area contributed by atoms with E-state index in [-0.39, 0.29) is 5.41 Å². The van der Waals surface area contributed by atoms with E-state index in [2.05, 4.69) is 27.4 Å². The average molecular weight is 267 g/mol. The van der Waals surface area contributed by atoms with Crippen molar-refractivity contribution >= 4 is 17.9 Å². The summed E-state index contributed by atoms with van der Waals surface area (Å²) in [4.78, 5) is 11.2. The highest BCUT2D eigenvalue weighted by Crippen LogP contribution is 2.32. The van der Waals surface area contributed by atoms with Crippen LogP contribution in [0, 0.1) is 0 Å². The van der Waals surface area contributed by atoms with Gasteiger partial charge in [0.05, 0.1) is 11.4 Å². The Labute approximate surface area is 114 Å². The second-order valence-electron chi connectivity index (χ2n) is 5.15. The molecule has 0 aromatic heterocycles. The van der Waals surface area contributed by atoms with E-state index in [1.165, 1.54) is 0 Å². The molecule has 0 aliphatic heterocycles. The molecule has 18 heavy (non-hydrogen) atoms. The van der Waals surface area contributed by atoms with Crippen molar-refractivity contribution in [1.29, 1.82) is 0 Å². The molecule has 0 bridgehead atoms. The van der Waals surface area contributed by atoms with Gasteiger partial charge in [0.15, 0.2) is 6.29 Å². The van der Waals surface area contributed by atoms with Crippen molar-refractivity contribution in [3.05, 3.63) is 41.5 Å². The number of alkyl halides is 1. The summed E-state index contributed by atoms with van der Waals surface area (Å²) < 4.78 is 5.53. The highest BCUT2D eigenvalue weighted by molar-refractivity contribution is 6.17. The van der Waals surface area contributed by atoms with Crippen LogP contribution in [0.3, 0.4) is 0 Å². The third kappa shape index (κ3) is 3.36. The van der Waals surface area contributed by atoms with Gasteiger partial charge < -0.3 is 4.74 Å². The maximum atomic E-state index is 11.2. The molecule has 1 aromatic carbocycles. The van der Waals surface area contributed by atoms with Crippen molar-refractivity contribution < 1.29 is 9.53 Å². The molecule has 0 heterocycles. The molecule has 0 aliphatic carbocycles. The Morgan fingerprint density at radius 1 is 1.39 bits per heavy atom. The number of benzene rings is 1. The molecule has 0 aliphatic rings. The lowest BCUT2D eigenvalue weighted by molar-refractivity contribution is 0.112. The summed E-state index contributed by atoms with van der Waals surface area (Å²) in [5.41, 5.74) is 2.43. The number of carbonyl (C=O) groups excluding carboxylic acids is 1. The van der Waals surface area contributed by atoms with Gasteiger partial charge in [-0.25, -0.2) is 0 Å². The minimum Gasteiger partial charge on any atom is -0.488 e. The van der Waals surface area contributed by atoms with Crippen LogP contribution in [0.5, 0.6) is 5.75 Å². The van der Waals surface area contributed by atoms with Crippen molar-refractivity contribution in [2.45, 2.75) is 32.1 Å². The van der Waals surface area contributed by atoms with E-state index in [0.717, 1.165) is 17.4 Å². The van der Waals surface area contributed by atoms with Gasteiger partial charge in [0.2, 0.25) is 0 Å². The second-order valence-corrected chi connectivity index (χ2v) is 5.42. The molecule has 98 valence electrons. The first-order chi connectivity index (χ1) is 8.43. The van der Waals surface area contributed by atoms with Gasteiger partial charge in [0, 0.05) is 5.56 Å². The zero-order chi connectivity index (χ0) is 13.8. The number of rotatable bonds is 5. The van der Waals surface area contributed by atoms with Crippen LogP contribution in [-0.2, 0) is 11.3 Å². The Morgan fingerprint density at radius 2 is 2.06 bits per heavy atom. The van der Waals surface area contributed by atoms with Crippen molar-refractivity contribution in [2.75, 3.05) is 6.61 Å². The van der Waals surface area contributed by atoms with E-state index in [9.17, 15) is 4.79 Å². The predicted molar refractivity (Wildman–Crippen MR) is 75.8 cm³/mol. The van der Waals surface area contributed by atoms with Crippen LogP contribution in [0.1, 0.15) is 42.3 Å². The third-order valence-corrected chi connectivity index (χ3v) is 2.96. The fourth-order valence-electron chi connectivity index (χ4n) is 1.65. The molecule has 0 fully saturated rings. The monoisotopic (exact) mass is 266 g/mol. The van der Waals surface area contributed by atoms with Crippen LogP contribution in [0.25, 0.3) is 0 Å². The smallest absolute Gasteiger partial charge is 0.153 e. The quantitative estimate of drug-likeness (QED) is 0.456. The molecule has 3 heteroatoms. The summed E-state index contributed by atoms with van der Waals surface area (Å²) in [6.07, 6.45) is 2.45. The summed E-state index contributed by atoms with van der Waals surface area (Å²) in [6.45, 7) is 10.2. The van der Waals surface area contributed by atoms with Gasteiger partial charge in [-0.15, -0.1) is 11.6 Å². The summed E-state index contributed by atoms with van der Waals surface area (Å²) in [6, 6.07) is 3.86. The van der Waals surface area contributed by atoms with Gasteiger partial charge in [-0.3, -0.25) is 4.79 Å². The maximum Gasteiger partial charge on any atom is 0.153 e. The minimum atomic E-state index is -0.0322. The van der Waals surface area contributed by atoms with E-state index in [4.69, 9.17) is 16.3 Å². The number of aldehydes is 1. The van der Waals surface area contributed by atoms with E-state index in [0.29, 0.717) is 23.8 Å². The fourth-order valence-corrected chi connectivity index (χ4v) is 1.85. The lowest BCUT2D eigenvalue weighted by Gasteiger charge is -2.22. The van der Waals surface area contributed by atoms with Gasteiger partial charge >= 0.3 is 0 Å². The molecule has 0 N–H and O–H groups in total. The first-order valence-corrected chi connectivity index (χ1v) is 6.39. The Morgan fingerprint density at radius 3 is 2.50 bits per heavy atom. The predicted octanol–water partition coefficient (Wildman–Crippen LogP) is 4.10. The molecule has 0 saturated heterocycles. The molecule has 0 atom stereocenters. The molecule has 0 spiro atoms. The highest BCUT2D eigenvalue weighted by Gasteiger charge is 2.19. The first kappa shape index (κ1) is 14.8. The Balaban J connectivity index is 3.34. The van der Waals surface area contributed by atoms with Gasteiger partial charge in [-0.2, -0.15) is 0 Å². The lowest BCUT2D eigenvalue weighted by atomic mass is 9.85. The Hall–Kier alpha value is -1.28. The van der Waals surface area contributed by atoms with E-state index in [1.807, 2.05) is 12.1 Å². The van der Waals surface area contributed by atoms with Crippen LogP contribution >= 0.6 is 11.6 Å². The summed E-state index contributed by atoms with van der Waals surface area (Å²) >= 11 is 5.94. The van der Waals surface area contributed by atoms with Crippen molar-refractivity contribution in [1.82, 2.24) is 0 Å². The summed E-state index contributed by atoms with van der Waals surface area (Å²) in [5, 5.41) is 0. The van der Waals surface area contributed by atoms with Gasteiger partial charge in [0.1, 0.15) is 12.4 Å². The van der Waals surface area contributed by atoms with Crippen LogP contribution in [0.2, 0.25) is 0 Å². The Kier molecular flexibility index (Phi) is 4.97. The summed E-state index contributed by atoms with van der Waals surface area (Å²) in [7, 11) is 0. The number of hydrogen-bond donors (Lipinski definition) is 0. The summed E-state index contributed by atoms with van der Waals surface area (Å²) in [5.74, 6) is 0.880. The number of ether oxygens (including phenoxy) is 1. The number of halogens is 1. The van der Waals surface area contributed by atoms with E-state index >= 15 is 0 Å². The van der Waals surface area contributed by atoms with Gasteiger partial charge in [-0.1, -0.05) is 39.5 Å². The Bertz CT molecular complexity index is 445. The molecule has 0 amide bonds. The molecular formula is C15H19ClO2. The zero-order valence-corrected chi connectivity index (χ0v) is 11.9. The average Bonchev–Trinajstić information content (AvgIpc) is 2.33. The fraction of sp³-hybridized carbons (Fsp3) is 0.400. The minimum absolute atomic E-state index is 0.0322. The zero-order valence-electron chi connectivity index (χ0n) is 11.1. The van der Waals surface area contributed by atoms with E-state index < -0.39 is 0 Å². The molecular weight excluding hydrogens is 248 g/mol. The highest BCUT2D eigenvalue weighted by atomic mass is 35.5. The molecule has 1 aromatic rings. The standard InChI is InChI=1S/C15H19ClO2/c1-5-6-18-14-11(9-16)7-13(15(2,3)4)8-12(14)10-17/h5,7-8,10H,1,6,9H2,2-4H3. The van der Waals surface area contributed by atoms with Gasteiger partial charge in [-0.05, 0) is 17.0 Å². The molecule has 0 unspecified atom stereocenters. The van der Waals surface area contributed by atoms with Crippen LogP contribution < -0.4 is 4.74 Å². The van der Waals surface area contributed by atoms with Crippen LogP contribution in [0.15, 0.2) is 24.8 Å². The second kappa shape index (κ2) is 6.05. The molecule has 0 radical (unpaired) electrons. The normalized spacial score (nSPS) is 11.1. The van der Waals surface area contributed by atoms with Crippen LogP contribution in [0.4, 0.5) is 0 Å². The number of carbonyl (C=O) groups is 1. The molecule has 2 nitrogen and oxygen atoms in total. The molecule has 0 saturated carbocycles. The van der Waals surface area contributed by atoms with Crippen LogP contribution in [-0.4, -0.2) is 12.9 Å². The van der Waals surface area contributed by atoms with Crippen molar-refractivity contribution in [3.63, 3.8) is 0 Å². The topological polar surface area (TPSA) is 26.3 Å². The van der Waals surface area contributed by atoms with Gasteiger partial charge in [0.25, 0.3) is 0 Å². The SMILES string of the molecule is C=CCOc1c(C=O)cc(C(C)(C)C)cc1CCl. The van der Waals surface area contributed by atoms with E-state index in [1.54, 1.807) is 6.08 Å². The lowest BCUT2D eigenvalue weighted by Crippen LogP contribution is -2.13. The first-order valence-electron chi connectivity index (χ1n) is 5.86. The maximum absolute atomic E-state index is 11.2.